The zero-order valence-electron chi connectivity index (χ0n) is 17.5. The molecule has 1 unspecified atom stereocenters. The van der Waals surface area contributed by atoms with Crippen LogP contribution in [0.5, 0.6) is 0 Å². The number of furan rings is 1. The standard InChI is InChI=1S/C23H26FN3O4/c1-23(19-8-5-13-31-19)21(29)27(22(30)25-23)15-20(28)26(18-6-3-2-4-7-18)14-16-9-11-17(24)12-10-16/h5,8-13,18H,2-4,6-7,14-15H2,1H3,(H,25,30). The van der Waals surface area contributed by atoms with Gasteiger partial charge in [0.25, 0.3) is 5.91 Å². The normalized spacial score (nSPS) is 21.9. The average Bonchev–Trinajstić information content (AvgIpc) is 3.38. The average molecular weight is 427 g/mol. The Balaban J connectivity index is 1.53. The lowest BCUT2D eigenvalue weighted by atomic mass is 9.93. The second-order valence-electron chi connectivity index (χ2n) is 8.36. The molecule has 0 radical (unpaired) electrons. The summed E-state index contributed by atoms with van der Waals surface area (Å²) < 4.78 is 18.6. The van der Waals surface area contributed by atoms with Gasteiger partial charge in [0.05, 0.1) is 6.26 Å². The zero-order chi connectivity index (χ0) is 22.0. The van der Waals surface area contributed by atoms with Gasteiger partial charge in [-0.1, -0.05) is 31.4 Å². The molecule has 1 N–H and O–H groups in total. The molecular formula is C23H26FN3O4. The van der Waals surface area contributed by atoms with E-state index in [1.165, 1.54) is 18.4 Å². The van der Waals surface area contributed by atoms with Crippen LogP contribution < -0.4 is 5.32 Å². The van der Waals surface area contributed by atoms with E-state index in [9.17, 15) is 18.8 Å². The van der Waals surface area contributed by atoms with E-state index in [1.807, 2.05) is 0 Å². The molecule has 1 aromatic carbocycles. The third-order valence-electron chi connectivity index (χ3n) is 6.18. The number of amides is 4. The first-order chi connectivity index (χ1) is 14.9. The van der Waals surface area contributed by atoms with Crippen molar-refractivity contribution in [2.75, 3.05) is 6.54 Å². The highest BCUT2D eigenvalue weighted by molar-refractivity contribution is 6.08. The molecule has 0 bridgehead atoms. The fourth-order valence-electron chi connectivity index (χ4n) is 4.40. The van der Waals surface area contributed by atoms with Crippen LogP contribution in [0.2, 0.25) is 0 Å². The number of hydrogen-bond donors (Lipinski definition) is 1. The molecular weight excluding hydrogens is 401 g/mol. The van der Waals surface area contributed by atoms with Crippen molar-refractivity contribution in [1.29, 1.82) is 0 Å². The molecule has 2 fully saturated rings. The van der Waals surface area contributed by atoms with Crippen LogP contribution in [0, 0.1) is 5.82 Å². The Morgan fingerprint density at radius 3 is 2.55 bits per heavy atom. The van der Waals surface area contributed by atoms with Crippen LogP contribution in [0.3, 0.4) is 0 Å². The molecule has 0 spiro atoms. The molecule has 2 aliphatic rings. The van der Waals surface area contributed by atoms with Crippen molar-refractivity contribution in [3.63, 3.8) is 0 Å². The maximum Gasteiger partial charge on any atom is 0.325 e. The van der Waals surface area contributed by atoms with Crippen molar-refractivity contribution in [3.05, 3.63) is 59.8 Å². The van der Waals surface area contributed by atoms with Crippen molar-refractivity contribution in [1.82, 2.24) is 15.1 Å². The van der Waals surface area contributed by atoms with Gasteiger partial charge in [0.2, 0.25) is 5.91 Å². The molecule has 1 aromatic heterocycles. The Morgan fingerprint density at radius 2 is 1.90 bits per heavy atom. The number of nitrogens with one attached hydrogen (secondary N) is 1. The van der Waals surface area contributed by atoms with E-state index in [2.05, 4.69) is 5.32 Å². The van der Waals surface area contributed by atoms with E-state index >= 15 is 0 Å². The fourth-order valence-corrected chi connectivity index (χ4v) is 4.40. The Morgan fingerprint density at radius 1 is 1.19 bits per heavy atom. The molecule has 1 aliphatic carbocycles. The van der Waals surface area contributed by atoms with Gasteiger partial charge in [0.1, 0.15) is 18.1 Å². The largest absolute Gasteiger partial charge is 0.466 e. The summed E-state index contributed by atoms with van der Waals surface area (Å²) in [5.74, 6) is -0.846. The summed E-state index contributed by atoms with van der Waals surface area (Å²) in [6.07, 6.45) is 6.36. The first kappa shape index (κ1) is 21.1. The fraction of sp³-hybridized carbons (Fsp3) is 0.435. The predicted molar refractivity (Wildman–Crippen MR) is 110 cm³/mol. The molecule has 1 atom stereocenters. The number of nitrogens with zero attached hydrogens (tertiary/aromatic N) is 2. The highest BCUT2D eigenvalue weighted by Gasteiger charge is 2.51. The first-order valence-corrected chi connectivity index (χ1v) is 10.6. The van der Waals surface area contributed by atoms with E-state index in [1.54, 1.807) is 36.1 Å². The Labute approximate surface area is 180 Å². The summed E-state index contributed by atoms with van der Waals surface area (Å²) in [5.41, 5.74) is -0.536. The summed E-state index contributed by atoms with van der Waals surface area (Å²) in [6, 6.07) is 8.70. The van der Waals surface area contributed by atoms with Crippen LogP contribution in [0.25, 0.3) is 0 Å². The highest BCUT2D eigenvalue weighted by atomic mass is 19.1. The van der Waals surface area contributed by atoms with Crippen LogP contribution in [0.1, 0.15) is 50.4 Å². The summed E-state index contributed by atoms with van der Waals surface area (Å²) in [7, 11) is 0. The van der Waals surface area contributed by atoms with Crippen LogP contribution in [-0.2, 0) is 21.7 Å². The minimum absolute atomic E-state index is 0.0310. The van der Waals surface area contributed by atoms with Crippen LogP contribution in [0.4, 0.5) is 9.18 Å². The van der Waals surface area contributed by atoms with Crippen LogP contribution >= 0.6 is 0 Å². The highest BCUT2D eigenvalue weighted by Crippen LogP contribution is 2.30. The van der Waals surface area contributed by atoms with Crippen molar-refractivity contribution in [3.8, 4) is 0 Å². The van der Waals surface area contributed by atoms with Crippen LogP contribution in [-0.4, -0.2) is 40.2 Å². The van der Waals surface area contributed by atoms with Gasteiger partial charge in [0, 0.05) is 12.6 Å². The number of rotatable bonds is 6. The van der Waals surface area contributed by atoms with Gasteiger partial charge >= 0.3 is 6.03 Å². The number of urea groups is 1. The molecule has 4 rings (SSSR count). The monoisotopic (exact) mass is 427 g/mol. The van der Waals surface area contributed by atoms with Gasteiger partial charge in [-0.15, -0.1) is 0 Å². The van der Waals surface area contributed by atoms with E-state index in [0.717, 1.165) is 42.6 Å². The third-order valence-corrected chi connectivity index (χ3v) is 6.18. The molecule has 4 amide bonds. The smallest absolute Gasteiger partial charge is 0.325 e. The van der Waals surface area contributed by atoms with Crippen molar-refractivity contribution in [2.24, 2.45) is 0 Å². The van der Waals surface area contributed by atoms with Crippen molar-refractivity contribution >= 4 is 17.8 Å². The Bertz CT molecular complexity index is 954. The molecule has 7 nitrogen and oxygen atoms in total. The van der Waals surface area contributed by atoms with Crippen molar-refractivity contribution < 1.29 is 23.2 Å². The number of carbonyl (C=O) groups is 3. The molecule has 8 heteroatoms. The van der Waals surface area contributed by atoms with Gasteiger partial charge in [-0.05, 0) is 49.6 Å². The number of hydrogen-bond acceptors (Lipinski definition) is 4. The lowest BCUT2D eigenvalue weighted by Gasteiger charge is -2.35. The molecule has 2 aromatic rings. The molecule has 164 valence electrons. The van der Waals surface area contributed by atoms with Gasteiger partial charge in [0.15, 0.2) is 5.54 Å². The molecule has 2 heterocycles. The zero-order valence-corrected chi connectivity index (χ0v) is 17.5. The second kappa shape index (κ2) is 8.53. The number of carbonyl (C=O) groups excluding carboxylic acids is 3. The predicted octanol–water partition coefficient (Wildman–Crippen LogP) is 3.55. The topological polar surface area (TPSA) is 82.9 Å². The van der Waals surface area contributed by atoms with E-state index in [0.29, 0.717) is 12.3 Å². The van der Waals surface area contributed by atoms with E-state index < -0.39 is 17.5 Å². The molecule has 1 saturated heterocycles. The summed E-state index contributed by atoms with van der Waals surface area (Å²) >= 11 is 0. The van der Waals surface area contributed by atoms with E-state index in [-0.39, 0.29) is 24.3 Å². The summed E-state index contributed by atoms with van der Waals surface area (Å²) in [4.78, 5) is 41.6. The lowest BCUT2D eigenvalue weighted by Crippen LogP contribution is -2.48. The minimum atomic E-state index is -1.34. The van der Waals surface area contributed by atoms with Gasteiger partial charge in [-0.3, -0.25) is 14.5 Å². The second-order valence-corrected chi connectivity index (χ2v) is 8.36. The van der Waals surface area contributed by atoms with Gasteiger partial charge in [-0.25, -0.2) is 9.18 Å². The lowest BCUT2D eigenvalue weighted by molar-refractivity contribution is -0.141. The number of halogens is 1. The maximum atomic E-state index is 13.3. The molecule has 1 aliphatic heterocycles. The first-order valence-electron chi connectivity index (χ1n) is 10.6. The molecule has 31 heavy (non-hydrogen) atoms. The minimum Gasteiger partial charge on any atom is -0.466 e. The Hall–Kier alpha value is -3.16. The SMILES string of the molecule is CC1(c2ccco2)NC(=O)N(CC(=O)N(Cc2ccc(F)cc2)C2CCCCC2)C1=O. The Kier molecular flexibility index (Phi) is 5.80. The van der Waals surface area contributed by atoms with Crippen LogP contribution in [0.15, 0.2) is 47.1 Å². The summed E-state index contributed by atoms with van der Waals surface area (Å²) in [5, 5.41) is 2.64. The maximum absolute atomic E-state index is 13.3. The third kappa shape index (κ3) is 4.19. The quantitative estimate of drug-likeness (QED) is 0.715. The number of benzene rings is 1. The molecule has 1 saturated carbocycles. The van der Waals surface area contributed by atoms with Gasteiger partial charge in [-0.2, -0.15) is 0 Å². The summed E-state index contributed by atoms with van der Waals surface area (Å²) in [6.45, 7) is 1.52. The van der Waals surface area contributed by atoms with Crippen molar-refractivity contribution in [2.45, 2.75) is 57.2 Å². The van der Waals surface area contributed by atoms with E-state index in [4.69, 9.17) is 4.42 Å². The number of imide groups is 1. The van der Waals surface area contributed by atoms with Gasteiger partial charge < -0.3 is 14.6 Å².